The van der Waals surface area contributed by atoms with Crippen LogP contribution in [0.25, 0.3) is 22.3 Å². The minimum atomic E-state index is -1.03. The standard InChI is InChI=1S/C23H18O11/c1-10(24)30-19-15-16(28)21(31-11(2)25)18(14-8-6-5-7-9-14)34-20(15)23(33-13(4)27)17(29)22(19)32-12(3)26/h5-9,29H,1-4H3. The molecule has 0 saturated carbocycles. The lowest BCUT2D eigenvalue weighted by molar-refractivity contribution is -0.134. The minimum Gasteiger partial charge on any atom is -0.501 e. The quantitative estimate of drug-likeness (QED) is 0.432. The number of ether oxygens (including phenoxy) is 4. The Morgan fingerprint density at radius 1 is 0.706 bits per heavy atom. The summed E-state index contributed by atoms with van der Waals surface area (Å²) >= 11 is 0. The molecule has 0 bridgehead atoms. The summed E-state index contributed by atoms with van der Waals surface area (Å²) in [4.78, 5) is 60.5. The number of hydrogen-bond donors (Lipinski definition) is 1. The summed E-state index contributed by atoms with van der Waals surface area (Å²) in [5, 5.41) is 10.2. The molecule has 0 fully saturated rings. The van der Waals surface area contributed by atoms with Crippen LogP contribution in [0.1, 0.15) is 27.7 Å². The Hall–Kier alpha value is -4.67. The number of esters is 4. The Labute approximate surface area is 191 Å². The number of carbonyl (C=O) groups excluding carboxylic acids is 4. The molecular weight excluding hydrogens is 452 g/mol. The monoisotopic (exact) mass is 470 g/mol. The lowest BCUT2D eigenvalue weighted by Crippen LogP contribution is -2.17. The normalized spacial score (nSPS) is 10.5. The minimum absolute atomic E-state index is 0.241. The highest BCUT2D eigenvalue weighted by atomic mass is 16.6. The Kier molecular flexibility index (Phi) is 6.66. The molecule has 34 heavy (non-hydrogen) atoms. The zero-order chi connectivity index (χ0) is 25.2. The highest BCUT2D eigenvalue weighted by Crippen LogP contribution is 2.51. The molecule has 0 atom stereocenters. The van der Waals surface area contributed by atoms with Gasteiger partial charge in [-0.15, -0.1) is 0 Å². The van der Waals surface area contributed by atoms with Crippen LogP contribution in [0, 0.1) is 0 Å². The van der Waals surface area contributed by atoms with E-state index in [4.69, 9.17) is 23.4 Å². The van der Waals surface area contributed by atoms with Gasteiger partial charge in [0, 0.05) is 33.3 Å². The summed E-state index contributed by atoms with van der Waals surface area (Å²) in [6, 6.07) is 8.02. The van der Waals surface area contributed by atoms with E-state index in [0.717, 1.165) is 27.7 Å². The highest BCUT2D eigenvalue weighted by molar-refractivity contribution is 6.00. The number of benzene rings is 2. The van der Waals surface area contributed by atoms with Crippen LogP contribution in [0.4, 0.5) is 0 Å². The molecule has 11 nitrogen and oxygen atoms in total. The fourth-order valence-electron chi connectivity index (χ4n) is 3.05. The molecule has 0 aliphatic heterocycles. The molecule has 0 radical (unpaired) electrons. The number of phenols is 1. The van der Waals surface area contributed by atoms with Gasteiger partial charge in [-0.2, -0.15) is 0 Å². The number of fused-ring (bicyclic) bond motifs is 1. The van der Waals surface area contributed by atoms with E-state index < -0.39 is 69.0 Å². The first kappa shape index (κ1) is 24.0. The van der Waals surface area contributed by atoms with Crippen molar-refractivity contribution in [1.82, 2.24) is 0 Å². The van der Waals surface area contributed by atoms with Crippen molar-refractivity contribution in [3.8, 4) is 40.1 Å². The van der Waals surface area contributed by atoms with E-state index >= 15 is 0 Å². The van der Waals surface area contributed by atoms with E-state index in [0.29, 0.717) is 5.56 Å². The molecule has 1 heterocycles. The molecule has 0 spiro atoms. The van der Waals surface area contributed by atoms with Crippen molar-refractivity contribution in [2.45, 2.75) is 27.7 Å². The molecule has 1 aromatic heterocycles. The molecule has 0 saturated heterocycles. The molecule has 3 rings (SSSR count). The first-order valence-electron chi connectivity index (χ1n) is 9.70. The van der Waals surface area contributed by atoms with E-state index in [9.17, 15) is 29.1 Å². The molecule has 176 valence electrons. The van der Waals surface area contributed by atoms with E-state index in [-0.39, 0.29) is 5.76 Å². The lowest BCUT2D eigenvalue weighted by Gasteiger charge is -2.17. The van der Waals surface area contributed by atoms with Gasteiger partial charge in [0.15, 0.2) is 17.1 Å². The van der Waals surface area contributed by atoms with Crippen LogP contribution in [-0.4, -0.2) is 29.0 Å². The summed E-state index contributed by atoms with van der Waals surface area (Å²) in [5.41, 5.74) is -1.27. The van der Waals surface area contributed by atoms with Crippen molar-refractivity contribution in [2.24, 2.45) is 0 Å². The molecular formula is C23H18O11. The van der Waals surface area contributed by atoms with Crippen LogP contribution in [0.3, 0.4) is 0 Å². The van der Waals surface area contributed by atoms with Gasteiger partial charge in [0.05, 0.1) is 0 Å². The van der Waals surface area contributed by atoms with Crippen molar-refractivity contribution in [3.05, 3.63) is 40.6 Å². The van der Waals surface area contributed by atoms with Gasteiger partial charge in [-0.3, -0.25) is 24.0 Å². The third-order valence-electron chi connectivity index (χ3n) is 4.16. The Bertz CT molecular complexity index is 1380. The van der Waals surface area contributed by atoms with Gasteiger partial charge in [-0.25, -0.2) is 0 Å². The van der Waals surface area contributed by atoms with Gasteiger partial charge >= 0.3 is 23.9 Å². The highest BCUT2D eigenvalue weighted by Gasteiger charge is 2.32. The third-order valence-corrected chi connectivity index (χ3v) is 4.16. The van der Waals surface area contributed by atoms with Crippen molar-refractivity contribution in [1.29, 1.82) is 0 Å². The fourth-order valence-corrected chi connectivity index (χ4v) is 3.05. The topological polar surface area (TPSA) is 156 Å². The van der Waals surface area contributed by atoms with Gasteiger partial charge in [0.2, 0.25) is 28.4 Å². The second-order valence-electron chi connectivity index (χ2n) is 6.87. The van der Waals surface area contributed by atoms with Crippen LogP contribution in [0.15, 0.2) is 39.5 Å². The first-order chi connectivity index (χ1) is 16.0. The molecule has 3 aromatic rings. The van der Waals surface area contributed by atoms with E-state index in [1.807, 2.05) is 0 Å². The van der Waals surface area contributed by atoms with Crippen LogP contribution < -0.4 is 24.4 Å². The molecule has 11 heteroatoms. The summed E-state index contributed by atoms with van der Waals surface area (Å²) < 4.78 is 26.0. The maximum absolute atomic E-state index is 13.6. The Balaban J connectivity index is 2.60. The average molecular weight is 470 g/mol. The zero-order valence-corrected chi connectivity index (χ0v) is 18.4. The number of aromatic hydroxyl groups is 1. The number of phenolic OH excluding ortho intramolecular Hbond substituents is 1. The first-order valence-corrected chi connectivity index (χ1v) is 9.70. The maximum Gasteiger partial charge on any atom is 0.308 e. The van der Waals surface area contributed by atoms with Gasteiger partial charge in [0.1, 0.15) is 5.39 Å². The molecule has 0 aliphatic rings. The van der Waals surface area contributed by atoms with Crippen molar-refractivity contribution in [2.75, 3.05) is 0 Å². The second kappa shape index (κ2) is 9.45. The fraction of sp³-hybridized carbons (Fsp3) is 0.174. The molecule has 2 aromatic carbocycles. The smallest absolute Gasteiger partial charge is 0.308 e. The van der Waals surface area contributed by atoms with Crippen LogP contribution in [0.5, 0.6) is 28.7 Å². The van der Waals surface area contributed by atoms with E-state index in [1.165, 1.54) is 0 Å². The SMILES string of the molecule is CC(=O)Oc1c(O)c(OC(C)=O)c2oc(-c3ccccc3)c(OC(C)=O)c(=O)c2c1OC(C)=O. The molecule has 1 N–H and O–H groups in total. The summed E-state index contributed by atoms with van der Waals surface area (Å²) in [7, 11) is 0. The average Bonchev–Trinajstić information content (AvgIpc) is 2.74. The Morgan fingerprint density at radius 2 is 1.18 bits per heavy atom. The summed E-state index contributed by atoms with van der Waals surface area (Å²) in [6.07, 6.45) is 0. The van der Waals surface area contributed by atoms with E-state index in [2.05, 4.69) is 0 Å². The number of hydrogen-bond acceptors (Lipinski definition) is 11. The van der Waals surface area contributed by atoms with Crippen molar-refractivity contribution < 1.29 is 47.6 Å². The van der Waals surface area contributed by atoms with Crippen LogP contribution in [-0.2, 0) is 19.2 Å². The molecule has 0 aliphatic carbocycles. The van der Waals surface area contributed by atoms with Gasteiger partial charge in [-0.1, -0.05) is 30.3 Å². The number of carbonyl (C=O) groups is 4. The maximum atomic E-state index is 13.6. The second-order valence-corrected chi connectivity index (χ2v) is 6.87. The Morgan fingerprint density at radius 3 is 1.71 bits per heavy atom. The van der Waals surface area contributed by atoms with Gasteiger partial charge in [0.25, 0.3) is 0 Å². The molecule has 0 amide bonds. The predicted octanol–water partition coefficient (Wildman–Crippen LogP) is 2.87. The van der Waals surface area contributed by atoms with E-state index in [1.54, 1.807) is 30.3 Å². The van der Waals surface area contributed by atoms with Gasteiger partial charge in [-0.05, 0) is 0 Å². The molecule has 0 unspecified atom stereocenters. The van der Waals surface area contributed by atoms with Crippen molar-refractivity contribution in [3.63, 3.8) is 0 Å². The summed E-state index contributed by atoms with van der Waals surface area (Å²) in [5.74, 6) is -7.61. The zero-order valence-electron chi connectivity index (χ0n) is 18.4. The van der Waals surface area contributed by atoms with Crippen LogP contribution in [0.2, 0.25) is 0 Å². The number of rotatable bonds is 5. The lowest BCUT2D eigenvalue weighted by atomic mass is 10.1. The largest absolute Gasteiger partial charge is 0.501 e. The third kappa shape index (κ3) is 4.72. The van der Waals surface area contributed by atoms with Gasteiger partial charge < -0.3 is 28.5 Å². The summed E-state index contributed by atoms with van der Waals surface area (Å²) in [6.45, 7) is 4.04. The predicted molar refractivity (Wildman–Crippen MR) is 115 cm³/mol. The van der Waals surface area contributed by atoms with Crippen molar-refractivity contribution >= 4 is 34.8 Å². The van der Waals surface area contributed by atoms with Crippen LogP contribution >= 0.6 is 0 Å².